The van der Waals surface area contributed by atoms with E-state index in [0.717, 1.165) is 12.8 Å². The molecule has 0 unspecified atom stereocenters. The van der Waals surface area contributed by atoms with E-state index in [1.807, 2.05) is 12.3 Å². The van der Waals surface area contributed by atoms with Crippen LogP contribution in [-0.2, 0) is 12.8 Å². The Morgan fingerprint density at radius 2 is 1.89 bits per heavy atom. The quantitative estimate of drug-likeness (QED) is 0.713. The number of rotatable bonds is 2. The van der Waals surface area contributed by atoms with Crippen molar-refractivity contribution < 1.29 is 0 Å². The zero-order valence-corrected chi connectivity index (χ0v) is 11.6. The Bertz CT molecular complexity index is 638. The van der Waals surface area contributed by atoms with Crippen LogP contribution in [0.3, 0.4) is 0 Å². The van der Waals surface area contributed by atoms with Gasteiger partial charge in [-0.2, -0.15) is 0 Å². The lowest BCUT2D eigenvalue weighted by Gasteiger charge is -2.12. The molecule has 1 aliphatic carbocycles. The molecule has 1 heteroatoms. The Labute approximate surface area is 115 Å². The Balaban J connectivity index is 2.09. The summed E-state index contributed by atoms with van der Waals surface area (Å²) in [6.45, 7) is 8.50. The van der Waals surface area contributed by atoms with Gasteiger partial charge in [-0.1, -0.05) is 50.3 Å². The predicted molar refractivity (Wildman–Crippen MR) is 80.3 cm³/mol. The minimum atomic E-state index is 0.444. The van der Waals surface area contributed by atoms with E-state index in [4.69, 9.17) is 0 Å². The molecule has 0 fully saturated rings. The second-order valence-electron chi connectivity index (χ2n) is 5.68. The molecule has 0 saturated carbocycles. The lowest BCUT2D eigenvalue weighted by molar-refractivity contribution is 0.825. The van der Waals surface area contributed by atoms with Gasteiger partial charge in [-0.05, 0) is 41.5 Å². The first-order valence-electron chi connectivity index (χ1n) is 6.89. The van der Waals surface area contributed by atoms with Crippen LogP contribution in [0.2, 0.25) is 0 Å². The van der Waals surface area contributed by atoms with Crippen LogP contribution in [0.5, 0.6) is 0 Å². The molecule has 1 nitrogen and oxygen atoms in total. The average Bonchev–Trinajstić information content (AvgIpc) is 2.77. The largest absolute Gasteiger partial charge is 0.260 e. The van der Waals surface area contributed by atoms with Crippen LogP contribution in [0.15, 0.2) is 48.7 Å². The maximum atomic E-state index is 4.55. The van der Waals surface area contributed by atoms with Crippen molar-refractivity contribution in [3.63, 3.8) is 0 Å². The summed E-state index contributed by atoms with van der Waals surface area (Å²) in [5.41, 5.74) is 7.91. The third kappa shape index (κ3) is 2.21. The van der Waals surface area contributed by atoms with Gasteiger partial charge in [0.25, 0.3) is 0 Å². The molecule has 1 aromatic carbocycles. The zero-order chi connectivity index (χ0) is 13.4. The molecule has 0 radical (unpaired) electrons. The highest BCUT2D eigenvalue weighted by Gasteiger charge is 2.16. The molecule has 0 aliphatic heterocycles. The van der Waals surface area contributed by atoms with E-state index in [1.54, 1.807) is 0 Å². The number of nitrogens with zero attached hydrogens (tertiary/aromatic N) is 1. The third-order valence-corrected chi connectivity index (χ3v) is 3.78. The Hall–Kier alpha value is -1.89. The summed E-state index contributed by atoms with van der Waals surface area (Å²) in [6, 6.07) is 11.0. The summed E-state index contributed by atoms with van der Waals surface area (Å²) in [5, 5.41) is 0. The number of hydrogen-bond acceptors (Lipinski definition) is 1. The molecule has 1 aliphatic rings. The molecule has 0 saturated heterocycles. The van der Waals surface area contributed by atoms with Gasteiger partial charge in [0, 0.05) is 11.8 Å². The highest BCUT2D eigenvalue weighted by Crippen LogP contribution is 2.32. The second kappa shape index (κ2) is 4.65. The van der Waals surface area contributed by atoms with Gasteiger partial charge in [0.05, 0.1) is 5.69 Å². The number of allylic oxidation sites excluding steroid dienone is 1. The summed E-state index contributed by atoms with van der Waals surface area (Å²) >= 11 is 0. The van der Waals surface area contributed by atoms with Gasteiger partial charge in [-0.3, -0.25) is 4.98 Å². The molecule has 1 heterocycles. The van der Waals surface area contributed by atoms with E-state index in [-0.39, 0.29) is 0 Å². The summed E-state index contributed by atoms with van der Waals surface area (Å²) in [7, 11) is 0. The van der Waals surface area contributed by atoms with Crippen molar-refractivity contribution in [1.29, 1.82) is 0 Å². The van der Waals surface area contributed by atoms with E-state index in [9.17, 15) is 0 Å². The van der Waals surface area contributed by atoms with Crippen LogP contribution in [-0.4, -0.2) is 4.98 Å². The van der Waals surface area contributed by atoms with Crippen LogP contribution < -0.4 is 0 Å². The monoisotopic (exact) mass is 249 g/mol. The van der Waals surface area contributed by atoms with Crippen molar-refractivity contribution in [2.75, 3.05) is 0 Å². The molecule has 2 aromatic rings. The van der Waals surface area contributed by atoms with E-state index in [1.165, 1.54) is 33.5 Å². The van der Waals surface area contributed by atoms with Crippen LogP contribution in [0.25, 0.3) is 11.1 Å². The maximum Gasteiger partial charge on any atom is 0.0507 e. The summed E-state index contributed by atoms with van der Waals surface area (Å²) in [5.74, 6) is 0.444. The fraction of sp³-hybridized carbons (Fsp3) is 0.278. The molecule has 0 amide bonds. The average molecular weight is 249 g/mol. The van der Waals surface area contributed by atoms with Gasteiger partial charge < -0.3 is 0 Å². The first-order valence-corrected chi connectivity index (χ1v) is 6.89. The van der Waals surface area contributed by atoms with Gasteiger partial charge in [0.2, 0.25) is 0 Å². The Morgan fingerprint density at radius 3 is 2.68 bits per heavy atom. The molecule has 1 aromatic heterocycles. The lowest BCUT2D eigenvalue weighted by Crippen LogP contribution is -1.96. The van der Waals surface area contributed by atoms with E-state index < -0.39 is 0 Å². The van der Waals surface area contributed by atoms with Crippen molar-refractivity contribution >= 4 is 0 Å². The minimum Gasteiger partial charge on any atom is -0.260 e. The normalized spacial score (nSPS) is 13.9. The molecule has 0 atom stereocenters. The minimum absolute atomic E-state index is 0.444. The number of pyridine rings is 1. The molecule has 0 bridgehead atoms. The SMILES string of the molecule is C=C1Cc2ccc(-c3cccnc3C(C)C)cc2C1. The second-order valence-corrected chi connectivity index (χ2v) is 5.68. The molecule has 3 rings (SSSR count). The van der Waals surface area contributed by atoms with Gasteiger partial charge in [-0.15, -0.1) is 0 Å². The smallest absolute Gasteiger partial charge is 0.0507 e. The van der Waals surface area contributed by atoms with Gasteiger partial charge in [0.15, 0.2) is 0 Å². The standard InChI is InChI=1S/C18H19N/c1-12(2)18-17(5-4-8-19-18)15-7-6-14-9-13(3)10-16(14)11-15/h4-8,11-12H,3,9-10H2,1-2H3. The van der Waals surface area contributed by atoms with E-state index in [2.05, 4.69) is 49.7 Å². The zero-order valence-electron chi connectivity index (χ0n) is 11.6. The molecule has 96 valence electrons. The topological polar surface area (TPSA) is 12.9 Å². The van der Waals surface area contributed by atoms with Crippen LogP contribution in [0.1, 0.15) is 36.6 Å². The van der Waals surface area contributed by atoms with Crippen molar-refractivity contribution in [3.8, 4) is 11.1 Å². The molecular formula is C18H19N. The molecule has 0 spiro atoms. The highest BCUT2D eigenvalue weighted by molar-refractivity contribution is 5.68. The van der Waals surface area contributed by atoms with Crippen molar-refractivity contribution in [2.24, 2.45) is 0 Å². The predicted octanol–water partition coefficient (Wildman–Crippen LogP) is 4.53. The van der Waals surface area contributed by atoms with Crippen molar-refractivity contribution in [1.82, 2.24) is 4.98 Å². The third-order valence-electron chi connectivity index (χ3n) is 3.78. The van der Waals surface area contributed by atoms with E-state index in [0.29, 0.717) is 5.92 Å². The van der Waals surface area contributed by atoms with Crippen LogP contribution in [0.4, 0.5) is 0 Å². The Morgan fingerprint density at radius 1 is 1.11 bits per heavy atom. The van der Waals surface area contributed by atoms with Gasteiger partial charge in [-0.25, -0.2) is 0 Å². The molecule has 0 N–H and O–H groups in total. The van der Waals surface area contributed by atoms with Crippen molar-refractivity contribution in [3.05, 3.63) is 65.5 Å². The van der Waals surface area contributed by atoms with Gasteiger partial charge >= 0.3 is 0 Å². The first-order chi connectivity index (χ1) is 9.15. The summed E-state index contributed by atoms with van der Waals surface area (Å²) < 4.78 is 0. The molecule has 19 heavy (non-hydrogen) atoms. The Kier molecular flexibility index (Phi) is 2.98. The van der Waals surface area contributed by atoms with E-state index >= 15 is 0 Å². The van der Waals surface area contributed by atoms with Gasteiger partial charge in [0.1, 0.15) is 0 Å². The number of hydrogen-bond donors (Lipinski definition) is 0. The summed E-state index contributed by atoms with van der Waals surface area (Å²) in [6.07, 6.45) is 3.95. The fourth-order valence-electron chi connectivity index (χ4n) is 2.85. The van der Waals surface area contributed by atoms with Crippen molar-refractivity contribution in [2.45, 2.75) is 32.6 Å². The van der Waals surface area contributed by atoms with Crippen LogP contribution in [0, 0.1) is 0 Å². The number of fused-ring (bicyclic) bond motifs is 1. The first kappa shape index (κ1) is 12.2. The maximum absolute atomic E-state index is 4.55. The highest BCUT2D eigenvalue weighted by atomic mass is 14.7. The number of benzene rings is 1. The lowest BCUT2D eigenvalue weighted by atomic mass is 9.95. The van der Waals surface area contributed by atoms with Crippen LogP contribution >= 0.6 is 0 Å². The number of aromatic nitrogens is 1. The molecular weight excluding hydrogens is 230 g/mol. The fourth-order valence-corrected chi connectivity index (χ4v) is 2.85. The summed E-state index contributed by atoms with van der Waals surface area (Å²) in [4.78, 5) is 4.55.